The van der Waals surface area contributed by atoms with Gasteiger partial charge in [0.2, 0.25) is 5.91 Å². The van der Waals surface area contributed by atoms with Gasteiger partial charge >= 0.3 is 6.03 Å². The number of amides is 3. The van der Waals surface area contributed by atoms with E-state index in [0.717, 1.165) is 17.0 Å². The van der Waals surface area contributed by atoms with Crippen LogP contribution in [0.15, 0.2) is 42.1 Å². The molecule has 0 radical (unpaired) electrons. The first-order chi connectivity index (χ1) is 12.1. The Bertz CT molecular complexity index is 817. The maximum Gasteiger partial charge on any atom is 0.324 e. The molecule has 1 fully saturated rings. The van der Waals surface area contributed by atoms with Gasteiger partial charge in [-0.1, -0.05) is 41.6 Å². The average Bonchev–Trinajstić information content (AvgIpc) is 3.19. The van der Waals surface area contributed by atoms with Crippen LogP contribution < -0.4 is 5.32 Å². The Labute approximate surface area is 150 Å². The van der Waals surface area contributed by atoms with Crippen LogP contribution in [0.3, 0.4) is 0 Å². The standard InChI is InChI=1S/C17H19N5O2S/c1-3-8-22-15(13-6-4-5-12(2)10-13)19-20-17(22)25-11-14(23)21-9-7-18-16(21)24/h3-6,10H,1,7-9,11H2,2H3,(H,18,24). The number of rotatable bonds is 6. The van der Waals surface area contributed by atoms with E-state index < -0.39 is 0 Å². The van der Waals surface area contributed by atoms with Crippen molar-refractivity contribution >= 4 is 23.7 Å². The summed E-state index contributed by atoms with van der Waals surface area (Å²) >= 11 is 1.27. The highest BCUT2D eigenvalue weighted by Gasteiger charge is 2.26. The largest absolute Gasteiger partial charge is 0.336 e. The molecular weight excluding hydrogens is 338 g/mol. The molecule has 0 bridgehead atoms. The van der Waals surface area contributed by atoms with Gasteiger partial charge in [0.05, 0.1) is 5.75 Å². The van der Waals surface area contributed by atoms with E-state index in [2.05, 4.69) is 22.1 Å². The van der Waals surface area contributed by atoms with Gasteiger partial charge in [-0.15, -0.1) is 16.8 Å². The highest BCUT2D eigenvalue weighted by molar-refractivity contribution is 7.99. The summed E-state index contributed by atoms with van der Waals surface area (Å²) in [7, 11) is 0. The molecule has 1 aliphatic rings. The second-order valence-electron chi connectivity index (χ2n) is 5.64. The number of aryl methyl sites for hydroxylation is 1. The first kappa shape index (κ1) is 17.2. The minimum absolute atomic E-state index is 0.135. The molecule has 2 heterocycles. The van der Waals surface area contributed by atoms with Crippen molar-refractivity contribution in [2.24, 2.45) is 0 Å². The zero-order chi connectivity index (χ0) is 17.8. The molecule has 3 rings (SSSR count). The van der Waals surface area contributed by atoms with Gasteiger partial charge < -0.3 is 5.32 Å². The minimum atomic E-state index is -0.335. The topological polar surface area (TPSA) is 80.1 Å². The van der Waals surface area contributed by atoms with Crippen LogP contribution in [-0.2, 0) is 11.3 Å². The van der Waals surface area contributed by atoms with Crippen molar-refractivity contribution in [3.05, 3.63) is 42.5 Å². The maximum atomic E-state index is 12.2. The van der Waals surface area contributed by atoms with E-state index in [4.69, 9.17) is 0 Å². The van der Waals surface area contributed by atoms with E-state index >= 15 is 0 Å². The van der Waals surface area contributed by atoms with Gasteiger partial charge in [0, 0.05) is 25.2 Å². The number of nitrogens with zero attached hydrogens (tertiary/aromatic N) is 4. The predicted molar refractivity (Wildman–Crippen MR) is 96.2 cm³/mol. The number of carbonyl (C=O) groups is 2. The lowest BCUT2D eigenvalue weighted by Crippen LogP contribution is -2.35. The van der Waals surface area contributed by atoms with Crippen LogP contribution in [0.2, 0.25) is 0 Å². The number of hydrogen-bond acceptors (Lipinski definition) is 5. The number of imide groups is 1. The summed E-state index contributed by atoms with van der Waals surface area (Å²) in [4.78, 5) is 25.0. The summed E-state index contributed by atoms with van der Waals surface area (Å²) < 4.78 is 1.92. The third-order valence-electron chi connectivity index (χ3n) is 3.79. The monoisotopic (exact) mass is 357 g/mol. The van der Waals surface area contributed by atoms with Gasteiger partial charge in [0.15, 0.2) is 11.0 Å². The summed E-state index contributed by atoms with van der Waals surface area (Å²) in [5.74, 6) is 0.638. The van der Waals surface area contributed by atoms with Gasteiger partial charge in [-0.05, 0) is 13.0 Å². The molecule has 7 nitrogen and oxygen atoms in total. The van der Waals surface area contributed by atoms with Crippen molar-refractivity contribution in [2.75, 3.05) is 18.8 Å². The molecule has 1 aromatic heterocycles. The smallest absolute Gasteiger partial charge is 0.324 e. The van der Waals surface area contributed by atoms with Crippen molar-refractivity contribution in [2.45, 2.75) is 18.6 Å². The number of hydrogen-bond donors (Lipinski definition) is 1. The normalized spacial score (nSPS) is 13.8. The average molecular weight is 357 g/mol. The molecule has 130 valence electrons. The zero-order valence-corrected chi connectivity index (χ0v) is 14.8. The van der Waals surface area contributed by atoms with E-state index in [1.807, 2.05) is 35.8 Å². The third kappa shape index (κ3) is 3.74. The molecule has 0 spiro atoms. The number of urea groups is 1. The molecule has 2 aromatic rings. The zero-order valence-electron chi connectivity index (χ0n) is 13.9. The van der Waals surface area contributed by atoms with Crippen molar-refractivity contribution in [3.8, 4) is 11.4 Å². The molecule has 0 aliphatic carbocycles. The van der Waals surface area contributed by atoms with Crippen molar-refractivity contribution in [1.29, 1.82) is 0 Å². The highest BCUT2D eigenvalue weighted by Crippen LogP contribution is 2.25. The predicted octanol–water partition coefficient (Wildman–Crippen LogP) is 2.08. The quantitative estimate of drug-likeness (QED) is 0.632. The number of nitrogens with one attached hydrogen (secondary N) is 1. The Kier molecular flexibility index (Phi) is 5.18. The Hall–Kier alpha value is -2.61. The molecule has 8 heteroatoms. The minimum Gasteiger partial charge on any atom is -0.336 e. The molecule has 1 N–H and O–H groups in total. The lowest BCUT2D eigenvalue weighted by molar-refractivity contribution is -0.124. The van der Waals surface area contributed by atoms with E-state index in [0.29, 0.717) is 24.8 Å². The van der Waals surface area contributed by atoms with E-state index in [-0.39, 0.29) is 17.7 Å². The fourth-order valence-electron chi connectivity index (χ4n) is 2.60. The summed E-state index contributed by atoms with van der Waals surface area (Å²) in [6, 6.07) is 7.67. The lowest BCUT2D eigenvalue weighted by Gasteiger charge is -2.12. The maximum absolute atomic E-state index is 12.2. The van der Waals surface area contributed by atoms with Crippen molar-refractivity contribution in [1.82, 2.24) is 25.0 Å². The second-order valence-corrected chi connectivity index (χ2v) is 6.58. The number of thioether (sulfide) groups is 1. The first-order valence-electron chi connectivity index (χ1n) is 7.92. The van der Waals surface area contributed by atoms with Crippen molar-refractivity contribution < 1.29 is 9.59 Å². The molecule has 0 unspecified atom stereocenters. The summed E-state index contributed by atoms with van der Waals surface area (Å²) in [6.07, 6.45) is 1.77. The first-order valence-corrected chi connectivity index (χ1v) is 8.91. The Morgan fingerprint density at radius 2 is 2.28 bits per heavy atom. The molecule has 1 saturated heterocycles. The van der Waals surface area contributed by atoms with Gasteiger partial charge in [-0.25, -0.2) is 4.79 Å². The number of benzene rings is 1. The Morgan fingerprint density at radius 3 is 2.96 bits per heavy atom. The SMILES string of the molecule is C=CCn1c(SCC(=O)N2CCNC2=O)nnc1-c1cccc(C)c1. The van der Waals surface area contributed by atoms with Crippen LogP contribution in [0.25, 0.3) is 11.4 Å². The second kappa shape index (κ2) is 7.52. The van der Waals surface area contributed by atoms with Crippen molar-refractivity contribution in [3.63, 3.8) is 0 Å². The Morgan fingerprint density at radius 1 is 1.44 bits per heavy atom. The fraction of sp³-hybridized carbons (Fsp3) is 0.294. The van der Waals surface area contributed by atoms with Crippen LogP contribution in [0, 0.1) is 6.92 Å². The van der Waals surface area contributed by atoms with Crippen LogP contribution in [0.1, 0.15) is 5.56 Å². The van der Waals surface area contributed by atoms with E-state index in [9.17, 15) is 9.59 Å². The summed E-state index contributed by atoms with van der Waals surface area (Å²) in [5.41, 5.74) is 2.10. The van der Waals surface area contributed by atoms with Gasteiger partial charge in [-0.2, -0.15) is 0 Å². The van der Waals surface area contributed by atoms with Crippen LogP contribution >= 0.6 is 11.8 Å². The number of aromatic nitrogens is 3. The molecular formula is C17H19N5O2S. The van der Waals surface area contributed by atoms with E-state index in [1.165, 1.54) is 16.7 Å². The van der Waals surface area contributed by atoms with Gasteiger partial charge in [0.1, 0.15) is 0 Å². The molecule has 0 saturated carbocycles. The fourth-order valence-corrected chi connectivity index (χ4v) is 3.42. The third-order valence-corrected chi connectivity index (χ3v) is 4.74. The summed E-state index contributed by atoms with van der Waals surface area (Å²) in [5, 5.41) is 11.7. The Balaban J connectivity index is 1.78. The van der Waals surface area contributed by atoms with Crippen LogP contribution in [0.4, 0.5) is 4.79 Å². The molecule has 3 amide bonds. The molecule has 25 heavy (non-hydrogen) atoms. The summed E-state index contributed by atoms with van der Waals surface area (Å²) in [6.45, 7) is 7.25. The number of carbonyl (C=O) groups excluding carboxylic acids is 2. The number of allylic oxidation sites excluding steroid dienone is 1. The lowest BCUT2D eigenvalue weighted by atomic mass is 10.1. The van der Waals surface area contributed by atoms with Gasteiger partial charge in [0.25, 0.3) is 0 Å². The van der Waals surface area contributed by atoms with Gasteiger partial charge in [-0.3, -0.25) is 14.3 Å². The van der Waals surface area contributed by atoms with Crippen LogP contribution in [0.5, 0.6) is 0 Å². The molecule has 0 atom stereocenters. The molecule has 1 aliphatic heterocycles. The van der Waals surface area contributed by atoms with E-state index in [1.54, 1.807) is 6.08 Å². The highest BCUT2D eigenvalue weighted by atomic mass is 32.2. The van der Waals surface area contributed by atoms with Crippen LogP contribution in [-0.4, -0.2) is 50.4 Å². The molecule has 1 aromatic carbocycles.